The largest absolute Gasteiger partial charge is 0.493 e. The molecule has 0 amide bonds. The van der Waals surface area contributed by atoms with Crippen molar-refractivity contribution in [1.29, 1.82) is 0 Å². The lowest BCUT2D eigenvalue weighted by molar-refractivity contribution is 0.274. The first-order valence-electron chi connectivity index (χ1n) is 6.34. The van der Waals surface area contributed by atoms with Crippen LogP contribution in [-0.4, -0.2) is 11.6 Å². The Balaban J connectivity index is 1.86. The SMILES string of the molecule is Cc1cc(NC2CCOc3ccccc32)cnc1Cl. The van der Waals surface area contributed by atoms with E-state index in [4.69, 9.17) is 16.3 Å². The maximum absolute atomic E-state index is 5.95. The van der Waals surface area contributed by atoms with Gasteiger partial charge in [0.25, 0.3) is 0 Å². The van der Waals surface area contributed by atoms with E-state index in [0.29, 0.717) is 5.15 Å². The number of rotatable bonds is 2. The number of anilines is 1. The van der Waals surface area contributed by atoms with Gasteiger partial charge in [0.1, 0.15) is 10.9 Å². The number of nitrogens with zero attached hydrogens (tertiary/aromatic N) is 1. The van der Waals surface area contributed by atoms with Crippen LogP contribution in [0.1, 0.15) is 23.6 Å². The number of nitrogens with one attached hydrogen (secondary N) is 1. The average molecular weight is 275 g/mol. The van der Waals surface area contributed by atoms with Crippen molar-refractivity contribution >= 4 is 17.3 Å². The zero-order valence-corrected chi connectivity index (χ0v) is 11.4. The third kappa shape index (κ3) is 2.51. The predicted octanol–water partition coefficient (Wildman–Crippen LogP) is 3.98. The molecule has 0 spiro atoms. The molecule has 1 N–H and O–H groups in total. The Kier molecular flexibility index (Phi) is 3.30. The van der Waals surface area contributed by atoms with E-state index in [2.05, 4.69) is 16.4 Å². The van der Waals surface area contributed by atoms with Crippen LogP contribution in [0.2, 0.25) is 5.15 Å². The van der Waals surface area contributed by atoms with Gasteiger partial charge in [-0.2, -0.15) is 0 Å². The number of para-hydroxylation sites is 1. The van der Waals surface area contributed by atoms with Gasteiger partial charge in [0.05, 0.1) is 24.5 Å². The number of hydrogen-bond acceptors (Lipinski definition) is 3. The minimum absolute atomic E-state index is 0.257. The second kappa shape index (κ2) is 5.10. The van der Waals surface area contributed by atoms with E-state index in [1.54, 1.807) is 6.20 Å². The van der Waals surface area contributed by atoms with Crippen LogP contribution in [0, 0.1) is 6.92 Å². The second-order valence-corrected chi connectivity index (χ2v) is 5.06. The average Bonchev–Trinajstić information content (AvgIpc) is 2.43. The van der Waals surface area contributed by atoms with E-state index in [9.17, 15) is 0 Å². The van der Waals surface area contributed by atoms with Crippen molar-refractivity contribution in [1.82, 2.24) is 4.98 Å². The van der Waals surface area contributed by atoms with Crippen LogP contribution in [0.25, 0.3) is 0 Å². The molecule has 3 nitrogen and oxygen atoms in total. The molecule has 3 rings (SSSR count). The molecule has 0 aliphatic carbocycles. The fourth-order valence-corrected chi connectivity index (χ4v) is 2.43. The summed E-state index contributed by atoms with van der Waals surface area (Å²) in [4.78, 5) is 4.17. The quantitative estimate of drug-likeness (QED) is 0.841. The fraction of sp³-hybridized carbons (Fsp3) is 0.267. The highest BCUT2D eigenvalue weighted by Crippen LogP contribution is 2.34. The van der Waals surface area contributed by atoms with Gasteiger partial charge < -0.3 is 10.1 Å². The Morgan fingerprint density at radius 1 is 1.37 bits per heavy atom. The van der Waals surface area contributed by atoms with Gasteiger partial charge in [-0.3, -0.25) is 0 Å². The van der Waals surface area contributed by atoms with Gasteiger partial charge in [-0.1, -0.05) is 29.8 Å². The van der Waals surface area contributed by atoms with Crippen molar-refractivity contribution in [3.63, 3.8) is 0 Å². The van der Waals surface area contributed by atoms with Crippen LogP contribution in [0.5, 0.6) is 5.75 Å². The molecule has 0 saturated heterocycles. The molecule has 1 aromatic heterocycles. The van der Waals surface area contributed by atoms with Crippen LogP contribution in [-0.2, 0) is 0 Å². The first-order chi connectivity index (χ1) is 9.24. The molecule has 0 fully saturated rings. The molecule has 1 unspecified atom stereocenters. The highest BCUT2D eigenvalue weighted by Gasteiger charge is 2.20. The number of hydrogen-bond donors (Lipinski definition) is 1. The summed E-state index contributed by atoms with van der Waals surface area (Å²) in [7, 11) is 0. The van der Waals surface area contributed by atoms with E-state index < -0.39 is 0 Å². The Bertz CT molecular complexity index is 600. The monoisotopic (exact) mass is 274 g/mol. The minimum Gasteiger partial charge on any atom is -0.493 e. The lowest BCUT2D eigenvalue weighted by Gasteiger charge is -2.27. The molecule has 1 aromatic carbocycles. The van der Waals surface area contributed by atoms with Gasteiger partial charge in [-0.05, 0) is 24.6 Å². The Morgan fingerprint density at radius 3 is 3.05 bits per heavy atom. The van der Waals surface area contributed by atoms with Crippen LogP contribution in [0.4, 0.5) is 5.69 Å². The highest BCUT2D eigenvalue weighted by molar-refractivity contribution is 6.30. The Morgan fingerprint density at radius 2 is 2.21 bits per heavy atom. The summed E-state index contributed by atoms with van der Waals surface area (Å²) >= 11 is 5.95. The van der Waals surface area contributed by atoms with Crippen molar-refractivity contribution in [3.8, 4) is 5.75 Å². The van der Waals surface area contributed by atoms with Crippen molar-refractivity contribution in [2.75, 3.05) is 11.9 Å². The number of halogens is 1. The first kappa shape index (κ1) is 12.3. The lowest BCUT2D eigenvalue weighted by Crippen LogP contribution is -2.20. The molecule has 0 saturated carbocycles. The molecular weight excluding hydrogens is 260 g/mol. The zero-order chi connectivity index (χ0) is 13.2. The van der Waals surface area contributed by atoms with E-state index in [-0.39, 0.29) is 6.04 Å². The van der Waals surface area contributed by atoms with Crippen molar-refractivity contribution in [2.45, 2.75) is 19.4 Å². The van der Waals surface area contributed by atoms with Gasteiger partial charge in [-0.25, -0.2) is 4.98 Å². The standard InChI is InChI=1S/C15H15ClN2O/c1-10-8-11(9-17-15(10)16)18-13-6-7-19-14-5-3-2-4-12(13)14/h2-5,8-9,13,18H,6-7H2,1H3. The maximum atomic E-state index is 5.95. The van der Waals surface area contributed by atoms with E-state index in [0.717, 1.165) is 30.0 Å². The molecule has 0 bridgehead atoms. The maximum Gasteiger partial charge on any atom is 0.132 e. The number of benzene rings is 1. The Labute approximate surface area is 117 Å². The van der Waals surface area contributed by atoms with Crippen LogP contribution >= 0.6 is 11.6 Å². The summed E-state index contributed by atoms with van der Waals surface area (Å²) in [6.07, 6.45) is 2.71. The molecule has 19 heavy (non-hydrogen) atoms. The van der Waals surface area contributed by atoms with Gasteiger partial charge in [-0.15, -0.1) is 0 Å². The summed E-state index contributed by atoms with van der Waals surface area (Å²) < 4.78 is 5.66. The summed E-state index contributed by atoms with van der Waals surface area (Å²) in [5.41, 5.74) is 3.16. The molecule has 4 heteroatoms. The van der Waals surface area contributed by atoms with Gasteiger partial charge >= 0.3 is 0 Å². The third-order valence-electron chi connectivity index (χ3n) is 3.31. The molecule has 1 atom stereocenters. The van der Waals surface area contributed by atoms with E-state index in [1.807, 2.05) is 31.2 Å². The van der Waals surface area contributed by atoms with Crippen LogP contribution < -0.4 is 10.1 Å². The highest BCUT2D eigenvalue weighted by atomic mass is 35.5. The van der Waals surface area contributed by atoms with Crippen molar-refractivity contribution in [2.24, 2.45) is 0 Å². The van der Waals surface area contributed by atoms with Gasteiger partial charge in [0, 0.05) is 12.0 Å². The minimum atomic E-state index is 0.257. The summed E-state index contributed by atoms with van der Waals surface area (Å²) in [5, 5.41) is 4.06. The van der Waals surface area contributed by atoms with Gasteiger partial charge in [0.2, 0.25) is 0 Å². The van der Waals surface area contributed by atoms with Crippen LogP contribution in [0.15, 0.2) is 36.5 Å². The second-order valence-electron chi connectivity index (χ2n) is 4.70. The number of aromatic nitrogens is 1. The molecule has 2 heterocycles. The molecule has 2 aromatic rings. The first-order valence-corrected chi connectivity index (χ1v) is 6.72. The smallest absolute Gasteiger partial charge is 0.132 e. The summed E-state index contributed by atoms with van der Waals surface area (Å²) in [6, 6.07) is 10.4. The molecule has 1 aliphatic rings. The van der Waals surface area contributed by atoms with Crippen molar-refractivity contribution < 1.29 is 4.74 Å². The predicted molar refractivity (Wildman–Crippen MR) is 76.9 cm³/mol. The molecule has 98 valence electrons. The topological polar surface area (TPSA) is 34.1 Å². The number of pyridine rings is 1. The zero-order valence-electron chi connectivity index (χ0n) is 10.7. The third-order valence-corrected chi connectivity index (χ3v) is 3.71. The van der Waals surface area contributed by atoms with Crippen LogP contribution in [0.3, 0.4) is 0 Å². The number of aryl methyl sites for hydroxylation is 1. The van der Waals surface area contributed by atoms with E-state index in [1.165, 1.54) is 5.56 Å². The normalized spacial score (nSPS) is 17.5. The number of ether oxygens (including phenoxy) is 1. The van der Waals surface area contributed by atoms with Gasteiger partial charge in [0.15, 0.2) is 0 Å². The fourth-order valence-electron chi connectivity index (χ4n) is 2.33. The molecule has 1 aliphatic heterocycles. The molecular formula is C15H15ClN2O. The van der Waals surface area contributed by atoms with E-state index >= 15 is 0 Å². The summed E-state index contributed by atoms with van der Waals surface area (Å²) in [5.74, 6) is 0.963. The molecule has 0 radical (unpaired) electrons. The Hall–Kier alpha value is -1.74. The number of fused-ring (bicyclic) bond motifs is 1. The summed E-state index contributed by atoms with van der Waals surface area (Å²) in [6.45, 7) is 2.69. The van der Waals surface area contributed by atoms with Crippen molar-refractivity contribution in [3.05, 3.63) is 52.8 Å². The lowest BCUT2D eigenvalue weighted by atomic mass is 10.0.